The summed E-state index contributed by atoms with van der Waals surface area (Å²) in [6.07, 6.45) is 1.26. The van der Waals surface area contributed by atoms with E-state index in [0.717, 1.165) is 6.07 Å². The average molecular weight is 470 g/mol. The normalized spacial score (nSPS) is 11.1. The van der Waals surface area contributed by atoms with E-state index >= 15 is 0 Å². The number of pyridine rings is 1. The van der Waals surface area contributed by atoms with Crippen molar-refractivity contribution >= 4 is 33.0 Å². The second-order valence-electron chi connectivity index (χ2n) is 7.21. The van der Waals surface area contributed by atoms with Crippen molar-refractivity contribution in [2.75, 3.05) is 22.5 Å². The van der Waals surface area contributed by atoms with E-state index in [1.807, 2.05) is 6.07 Å². The Morgan fingerprint density at radius 3 is 2.33 bits per heavy atom. The molecule has 0 fully saturated rings. The lowest BCUT2D eigenvalue weighted by molar-refractivity contribution is -0.115. The number of sulfone groups is 1. The van der Waals surface area contributed by atoms with Crippen LogP contribution in [-0.4, -0.2) is 37.5 Å². The molecule has 1 aromatic heterocycles. The Bertz CT molecular complexity index is 1250. The summed E-state index contributed by atoms with van der Waals surface area (Å²) in [5.74, 6) is -1.72. The van der Waals surface area contributed by atoms with Crippen molar-refractivity contribution in [3.8, 4) is 0 Å². The summed E-state index contributed by atoms with van der Waals surface area (Å²) < 4.78 is 38.4. The van der Waals surface area contributed by atoms with Crippen LogP contribution in [-0.2, 0) is 21.1 Å². The first-order chi connectivity index (χ1) is 15.7. The quantitative estimate of drug-likeness (QED) is 0.540. The summed E-state index contributed by atoms with van der Waals surface area (Å²) in [5, 5.41) is 2.53. The van der Waals surface area contributed by atoms with Crippen LogP contribution >= 0.6 is 0 Å². The summed E-state index contributed by atoms with van der Waals surface area (Å²) >= 11 is 0. The average Bonchev–Trinajstić information content (AvgIpc) is 2.80. The molecule has 1 N–H and O–H groups in total. The molecule has 0 aliphatic heterocycles. The summed E-state index contributed by atoms with van der Waals surface area (Å²) in [6, 6.07) is 15.7. The number of hydrogen-bond donors (Lipinski definition) is 1. The smallest absolute Gasteiger partial charge is 0.261 e. The van der Waals surface area contributed by atoms with Gasteiger partial charge in [-0.25, -0.2) is 17.8 Å². The lowest BCUT2D eigenvalue weighted by Gasteiger charge is -2.21. The Morgan fingerprint density at radius 2 is 1.76 bits per heavy atom. The fourth-order valence-electron chi connectivity index (χ4n) is 3.20. The van der Waals surface area contributed by atoms with Crippen LogP contribution in [0.25, 0.3) is 0 Å². The Morgan fingerprint density at radius 1 is 1.03 bits per heavy atom. The van der Waals surface area contributed by atoms with Gasteiger partial charge in [-0.15, -0.1) is 0 Å². The van der Waals surface area contributed by atoms with Crippen molar-refractivity contribution in [3.63, 3.8) is 0 Å². The lowest BCUT2D eigenvalue weighted by atomic mass is 10.1. The molecule has 0 spiro atoms. The second kappa shape index (κ2) is 10.4. The topological polar surface area (TPSA) is 96.4 Å². The molecule has 7 nitrogen and oxygen atoms in total. The third-order valence-electron chi connectivity index (χ3n) is 4.97. The monoisotopic (exact) mass is 469 g/mol. The number of nitrogens with one attached hydrogen (secondary N) is 1. The number of carbonyl (C=O) groups excluding carboxylic acids is 2. The van der Waals surface area contributed by atoms with Crippen LogP contribution in [0.5, 0.6) is 0 Å². The molecule has 0 unspecified atom stereocenters. The molecule has 3 rings (SSSR count). The molecular formula is C24H24FN3O4S. The SMILES string of the molecule is CCN(C(=O)c1ccc(NC(=O)Cc2ccc(S(=O)(=O)CC)nc2)cc1F)c1ccccc1. The number of carbonyl (C=O) groups is 2. The van der Waals surface area contributed by atoms with E-state index in [0.29, 0.717) is 17.8 Å². The van der Waals surface area contributed by atoms with Gasteiger partial charge in [-0.1, -0.05) is 31.2 Å². The largest absolute Gasteiger partial charge is 0.326 e. The standard InChI is InChI=1S/C24H24FN3O4S/c1-3-28(19-8-6-5-7-9-19)24(30)20-12-11-18(15-21(20)25)27-22(29)14-17-10-13-23(26-16-17)33(31,32)4-2/h5-13,15-16H,3-4,14H2,1-2H3,(H,27,29). The Balaban J connectivity index is 1.68. The molecule has 2 amide bonds. The molecule has 0 saturated heterocycles. The number of para-hydroxylation sites is 1. The van der Waals surface area contributed by atoms with Gasteiger partial charge in [0.1, 0.15) is 5.82 Å². The van der Waals surface area contributed by atoms with E-state index in [1.165, 1.54) is 42.3 Å². The summed E-state index contributed by atoms with van der Waals surface area (Å²) in [6.45, 7) is 3.70. The predicted molar refractivity (Wildman–Crippen MR) is 124 cm³/mol. The van der Waals surface area contributed by atoms with Crippen molar-refractivity contribution < 1.29 is 22.4 Å². The van der Waals surface area contributed by atoms with Crippen LogP contribution in [0.3, 0.4) is 0 Å². The van der Waals surface area contributed by atoms with Crippen LogP contribution < -0.4 is 10.2 Å². The third kappa shape index (κ3) is 5.81. The zero-order valence-electron chi connectivity index (χ0n) is 18.3. The molecule has 3 aromatic rings. The Hall–Kier alpha value is -3.59. The zero-order valence-corrected chi connectivity index (χ0v) is 19.1. The molecule has 0 radical (unpaired) electrons. The number of amides is 2. The number of nitrogens with zero attached hydrogens (tertiary/aromatic N) is 2. The van der Waals surface area contributed by atoms with Gasteiger partial charge in [0.25, 0.3) is 5.91 Å². The number of aromatic nitrogens is 1. The highest BCUT2D eigenvalue weighted by atomic mass is 32.2. The fraction of sp³-hybridized carbons (Fsp3) is 0.208. The molecule has 33 heavy (non-hydrogen) atoms. The number of benzene rings is 2. The molecule has 0 aliphatic carbocycles. The van der Waals surface area contributed by atoms with Gasteiger partial charge >= 0.3 is 0 Å². The van der Waals surface area contributed by atoms with Gasteiger partial charge < -0.3 is 10.2 Å². The van der Waals surface area contributed by atoms with Gasteiger partial charge in [-0.2, -0.15) is 0 Å². The number of anilines is 2. The van der Waals surface area contributed by atoms with Crippen molar-refractivity contribution in [1.82, 2.24) is 4.98 Å². The molecule has 2 aromatic carbocycles. The van der Waals surface area contributed by atoms with Crippen molar-refractivity contribution in [2.45, 2.75) is 25.3 Å². The van der Waals surface area contributed by atoms with Crippen molar-refractivity contribution in [3.05, 3.63) is 83.8 Å². The minimum Gasteiger partial charge on any atom is -0.326 e. The van der Waals surface area contributed by atoms with Gasteiger partial charge in [0.15, 0.2) is 14.9 Å². The molecule has 0 atom stereocenters. The number of halogens is 1. The third-order valence-corrected chi connectivity index (χ3v) is 6.61. The van der Waals surface area contributed by atoms with Gasteiger partial charge in [0.2, 0.25) is 5.91 Å². The van der Waals surface area contributed by atoms with Crippen LogP contribution in [0.1, 0.15) is 29.8 Å². The Kier molecular flexibility index (Phi) is 7.55. The van der Waals surface area contributed by atoms with E-state index in [4.69, 9.17) is 0 Å². The molecule has 0 saturated carbocycles. The van der Waals surface area contributed by atoms with Crippen molar-refractivity contribution in [2.24, 2.45) is 0 Å². The van der Waals surface area contributed by atoms with Crippen LogP contribution in [0.15, 0.2) is 71.9 Å². The van der Waals surface area contributed by atoms with Crippen LogP contribution in [0.4, 0.5) is 15.8 Å². The summed E-state index contributed by atoms with van der Waals surface area (Å²) in [5.41, 5.74) is 1.27. The minimum atomic E-state index is -3.42. The maximum absolute atomic E-state index is 14.7. The zero-order chi connectivity index (χ0) is 24.0. The fourth-order valence-corrected chi connectivity index (χ4v) is 3.99. The van der Waals surface area contributed by atoms with Gasteiger partial charge in [0, 0.05) is 24.1 Å². The first-order valence-electron chi connectivity index (χ1n) is 10.4. The first-order valence-corrected chi connectivity index (χ1v) is 12.0. The maximum Gasteiger partial charge on any atom is 0.261 e. The molecule has 1 heterocycles. The summed E-state index contributed by atoms with van der Waals surface area (Å²) in [7, 11) is -3.42. The van der Waals surface area contributed by atoms with Gasteiger partial charge in [-0.05, 0) is 48.9 Å². The first kappa shape index (κ1) is 24.1. The molecule has 9 heteroatoms. The maximum atomic E-state index is 14.7. The molecular weight excluding hydrogens is 445 g/mol. The van der Waals surface area contributed by atoms with E-state index in [1.54, 1.807) is 31.2 Å². The van der Waals surface area contributed by atoms with Gasteiger partial charge in [0.05, 0.1) is 17.7 Å². The highest BCUT2D eigenvalue weighted by molar-refractivity contribution is 7.91. The summed E-state index contributed by atoms with van der Waals surface area (Å²) in [4.78, 5) is 30.5. The molecule has 172 valence electrons. The Labute approximate surface area is 192 Å². The lowest BCUT2D eigenvalue weighted by Crippen LogP contribution is -2.31. The number of rotatable bonds is 8. The van der Waals surface area contributed by atoms with Crippen LogP contribution in [0, 0.1) is 5.82 Å². The highest BCUT2D eigenvalue weighted by Gasteiger charge is 2.20. The van der Waals surface area contributed by atoms with Crippen molar-refractivity contribution in [1.29, 1.82) is 0 Å². The van der Waals surface area contributed by atoms with E-state index in [2.05, 4.69) is 10.3 Å². The minimum absolute atomic E-state index is 0.0480. The predicted octanol–water partition coefficient (Wildman–Crippen LogP) is 3.86. The second-order valence-corrected chi connectivity index (χ2v) is 9.44. The van der Waals surface area contributed by atoms with Gasteiger partial charge in [-0.3, -0.25) is 9.59 Å². The molecule has 0 bridgehead atoms. The van der Waals surface area contributed by atoms with Crippen LogP contribution in [0.2, 0.25) is 0 Å². The van der Waals surface area contributed by atoms with E-state index < -0.39 is 27.5 Å². The highest BCUT2D eigenvalue weighted by Crippen LogP contribution is 2.21. The number of hydrogen-bond acceptors (Lipinski definition) is 5. The molecule has 0 aliphatic rings. The van der Waals surface area contributed by atoms with E-state index in [9.17, 15) is 22.4 Å². The van der Waals surface area contributed by atoms with E-state index in [-0.39, 0.29) is 28.5 Å².